The number of aryl methyl sites for hydroxylation is 1. The van der Waals surface area contributed by atoms with E-state index in [4.69, 9.17) is 9.72 Å². The van der Waals surface area contributed by atoms with Gasteiger partial charge in [0, 0.05) is 29.5 Å². The molecule has 0 unspecified atom stereocenters. The summed E-state index contributed by atoms with van der Waals surface area (Å²) in [7, 11) is 2.16. The Labute approximate surface area is 232 Å². The van der Waals surface area contributed by atoms with Crippen LogP contribution in [0.15, 0.2) is 41.6 Å². The lowest BCUT2D eigenvalue weighted by Gasteiger charge is -2.30. The number of imidazole rings is 1. The Kier molecular flexibility index (Phi) is 6.64. The van der Waals surface area contributed by atoms with Crippen molar-refractivity contribution in [1.29, 1.82) is 5.26 Å². The van der Waals surface area contributed by atoms with E-state index in [0.29, 0.717) is 52.0 Å². The Hall–Kier alpha value is -4.42. The second kappa shape index (κ2) is 10.3. The van der Waals surface area contributed by atoms with Crippen molar-refractivity contribution >= 4 is 21.9 Å². The maximum absolute atomic E-state index is 13.3. The number of likely N-dealkylation sites (tertiary alicyclic amines) is 1. The van der Waals surface area contributed by atoms with E-state index in [0.717, 1.165) is 53.8 Å². The molecule has 1 aliphatic heterocycles. The van der Waals surface area contributed by atoms with E-state index in [1.54, 1.807) is 18.6 Å². The number of aromatic amines is 3. The van der Waals surface area contributed by atoms with Crippen molar-refractivity contribution in [1.82, 2.24) is 29.8 Å². The van der Waals surface area contributed by atoms with Gasteiger partial charge < -0.3 is 24.6 Å². The minimum absolute atomic E-state index is 0.299. The second-order valence-corrected chi connectivity index (χ2v) is 11.2. The molecule has 5 aromatic rings. The average molecular weight is 536 g/mol. The summed E-state index contributed by atoms with van der Waals surface area (Å²) in [6.07, 6.45) is 7.16. The zero-order valence-corrected chi connectivity index (χ0v) is 23.3. The van der Waals surface area contributed by atoms with Crippen LogP contribution in [-0.2, 0) is 0 Å². The molecule has 6 rings (SSSR count). The highest BCUT2D eigenvalue weighted by atomic mass is 16.5. The molecule has 0 aliphatic carbocycles. The van der Waals surface area contributed by atoms with Gasteiger partial charge in [-0.1, -0.05) is 19.9 Å². The number of hydrogen-bond donors (Lipinski definition) is 3. The van der Waals surface area contributed by atoms with Crippen LogP contribution in [0.2, 0.25) is 0 Å². The Morgan fingerprint density at radius 3 is 2.73 bits per heavy atom. The number of benzene rings is 1. The van der Waals surface area contributed by atoms with Crippen LogP contribution in [0, 0.1) is 24.2 Å². The summed E-state index contributed by atoms with van der Waals surface area (Å²) in [5.74, 6) is 1.97. The SMILES string of the molecule is Cc1ccncc1-c1[nH]c2c(-c3nc4c(OCC(C)C)c(C5CCN(C)CC5)ccc4[nH]3)c(=O)[nH]cc2c1C#N. The van der Waals surface area contributed by atoms with Crippen molar-refractivity contribution in [2.24, 2.45) is 5.92 Å². The molecule has 0 spiro atoms. The zero-order valence-electron chi connectivity index (χ0n) is 23.3. The van der Waals surface area contributed by atoms with Crippen LogP contribution in [0.25, 0.3) is 44.6 Å². The molecule has 0 amide bonds. The quantitative estimate of drug-likeness (QED) is 0.264. The highest BCUT2D eigenvalue weighted by molar-refractivity contribution is 6.01. The van der Waals surface area contributed by atoms with Gasteiger partial charge in [-0.3, -0.25) is 9.78 Å². The molecular weight excluding hydrogens is 502 g/mol. The van der Waals surface area contributed by atoms with E-state index in [2.05, 4.69) is 57.9 Å². The number of nitrogens with zero attached hydrogens (tertiary/aromatic N) is 4. The van der Waals surface area contributed by atoms with Crippen LogP contribution < -0.4 is 10.3 Å². The number of nitrogens with one attached hydrogen (secondary N) is 3. The largest absolute Gasteiger partial charge is 0.491 e. The summed E-state index contributed by atoms with van der Waals surface area (Å²) in [5.41, 5.74) is 6.17. The van der Waals surface area contributed by atoms with Gasteiger partial charge in [-0.05, 0) is 75.0 Å². The minimum atomic E-state index is -0.299. The highest BCUT2D eigenvalue weighted by Gasteiger charge is 2.26. The molecule has 9 heteroatoms. The number of nitriles is 1. The molecule has 0 saturated carbocycles. The zero-order chi connectivity index (χ0) is 28.0. The number of rotatable bonds is 6. The monoisotopic (exact) mass is 535 g/mol. The van der Waals surface area contributed by atoms with Gasteiger partial charge >= 0.3 is 0 Å². The van der Waals surface area contributed by atoms with Crippen molar-refractivity contribution in [2.45, 2.75) is 39.5 Å². The van der Waals surface area contributed by atoms with Gasteiger partial charge in [0.2, 0.25) is 0 Å². The number of pyridine rings is 2. The van der Waals surface area contributed by atoms with Crippen molar-refractivity contribution in [3.05, 3.63) is 63.8 Å². The van der Waals surface area contributed by atoms with Crippen molar-refractivity contribution in [2.75, 3.05) is 26.7 Å². The van der Waals surface area contributed by atoms with E-state index >= 15 is 0 Å². The van der Waals surface area contributed by atoms with Crippen LogP contribution in [0.3, 0.4) is 0 Å². The normalized spacial score (nSPS) is 14.8. The van der Waals surface area contributed by atoms with Gasteiger partial charge in [-0.2, -0.15) is 5.26 Å². The maximum Gasteiger partial charge on any atom is 0.261 e. The van der Waals surface area contributed by atoms with Gasteiger partial charge in [0.25, 0.3) is 5.56 Å². The first kappa shape index (κ1) is 25.8. The molecule has 1 aromatic carbocycles. The average Bonchev–Trinajstić information content (AvgIpc) is 3.53. The van der Waals surface area contributed by atoms with E-state index in [-0.39, 0.29) is 5.56 Å². The van der Waals surface area contributed by atoms with Crippen molar-refractivity contribution in [3.63, 3.8) is 0 Å². The minimum Gasteiger partial charge on any atom is -0.491 e. The first-order chi connectivity index (χ1) is 19.4. The molecule has 9 nitrogen and oxygen atoms in total. The number of hydrogen-bond acceptors (Lipinski definition) is 6. The predicted molar refractivity (Wildman–Crippen MR) is 156 cm³/mol. The Bertz CT molecular complexity index is 1810. The van der Waals surface area contributed by atoms with Gasteiger partial charge in [-0.25, -0.2) is 4.98 Å². The highest BCUT2D eigenvalue weighted by Crippen LogP contribution is 2.40. The topological polar surface area (TPSA) is 126 Å². The molecule has 1 fully saturated rings. The summed E-state index contributed by atoms with van der Waals surface area (Å²) in [6.45, 7) is 8.89. The Balaban J connectivity index is 1.54. The van der Waals surface area contributed by atoms with Gasteiger partial charge in [0.1, 0.15) is 23.0 Å². The molecule has 4 aromatic heterocycles. The van der Waals surface area contributed by atoms with Crippen molar-refractivity contribution < 1.29 is 4.74 Å². The fourth-order valence-electron chi connectivity index (χ4n) is 5.68. The Morgan fingerprint density at radius 1 is 1.20 bits per heavy atom. The van der Waals surface area contributed by atoms with Crippen molar-refractivity contribution in [3.8, 4) is 34.5 Å². The summed E-state index contributed by atoms with van der Waals surface area (Å²) < 4.78 is 6.43. The van der Waals surface area contributed by atoms with E-state index in [1.165, 1.54) is 5.56 Å². The van der Waals surface area contributed by atoms with Crippen LogP contribution in [0.5, 0.6) is 5.75 Å². The number of H-pyrrole nitrogens is 3. The molecule has 3 N–H and O–H groups in total. The van der Waals surface area contributed by atoms with Crippen LogP contribution >= 0.6 is 0 Å². The fourth-order valence-corrected chi connectivity index (χ4v) is 5.68. The summed E-state index contributed by atoms with van der Waals surface area (Å²) >= 11 is 0. The molecule has 1 aliphatic rings. The third-order valence-corrected chi connectivity index (χ3v) is 7.88. The first-order valence-electron chi connectivity index (χ1n) is 13.8. The van der Waals surface area contributed by atoms with E-state index in [1.807, 2.05) is 19.1 Å². The van der Waals surface area contributed by atoms with Gasteiger partial charge in [0.15, 0.2) is 5.75 Å². The smallest absolute Gasteiger partial charge is 0.261 e. The molecule has 0 atom stereocenters. The van der Waals surface area contributed by atoms with Crippen LogP contribution in [0.1, 0.15) is 49.3 Å². The first-order valence-corrected chi connectivity index (χ1v) is 13.8. The lowest BCUT2D eigenvalue weighted by molar-refractivity contribution is 0.243. The lowest BCUT2D eigenvalue weighted by Crippen LogP contribution is -2.29. The molecular formula is C31H33N7O2. The van der Waals surface area contributed by atoms with Crippen LogP contribution in [0.4, 0.5) is 0 Å². The fraction of sp³-hybridized carbons (Fsp3) is 0.355. The number of ether oxygens (including phenoxy) is 1. The van der Waals surface area contributed by atoms with Gasteiger partial charge in [-0.15, -0.1) is 0 Å². The molecule has 0 bridgehead atoms. The van der Waals surface area contributed by atoms with Crippen LogP contribution in [-0.4, -0.2) is 56.6 Å². The maximum atomic E-state index is 13.3. The molecule has 40 heavy (non-hydrogen) atoms. The van der Waals surface area contributed by atoms with E-state index in [9.17, 15) is 10.1 Å². The summed E-state index contributed by atoms with van der Waals surface area (Å²) in [5, 5.41) is 10.7. The number of fused-ring (bicyclic) bond motifs is 2. The lowest BCUT2D eigenvalue weighted by atomic mass is 9.88. The molecule has 204 valence electrons. The number of piperidine rings is 1. The second-order valence-electron chi connectivity index (χ2n) is 11.2. The molecule has 5 heterocycles. The summed E-state index contributed by atoms with van der Waals surface area (Å²) in [4.78, 5) is 34.4. The predicted octanol–water partition coefficient (Wildman–Crippen LogP) is 5.49. The Morgan fingerprint density at radius 2 is 2.00 bits per heavy atom. The van der Waals surface area contributed by atoms with Gasteiger partial charge in [0.05, 0.1) is 28.9 Å². The van der Waals surface area contributed by atoms with E-state index < -0.39 is 0 Å². The molecule has 1 saturated heterocycles. The third-order valence-electron chi connectivity index (χ3n) is 7.88. The molecule has 0 radical (unpaired) electrons. The third kappa shape index (κ3) is 4.44. The standard InChI is InChI=1S/C31H33N7O2/c1-17(2)16-40-29-20(19-8-11-38(4)12-9-19)5-6-24-28(29)37-30(35-24)25-27-23(15-34-31(25)39)21(13-32)26(36-27)22-14-33-10-7-18(22)3/h5-7,10,14-15,17,19,36H,8-9,11-12,16H2,1-4H3,(H,34,39)(H,35,37). The summed E-state index contributed by atoms with van der Waals surface area (Å²) in [6, 6.07) is 8.40. The number of aromatic nitrogens is 5.